The van der Waals surface area contributed by atoms with Gasteiger partial charge < -0.3 is 14.2 Å². The summed E-state index contributed by atoms with van der Waals surface area (Å²) in [4.78, 5) is 0. The lowest BCUT2D eigenvalue weighted by Crippen LogP contribution is -2.55. The molecule has 33 heavy (non-hydrogen) atoms. The molecule has 2 aromatic heterocycles. The van der Waals surface area contributed by atoms with Gasteiger partial charge in [0, 0.05) is 12.3 Å². The van der Waals surface area contributed by atoms with E-state index in [1.807, 2.05) is 0 Å². The molecule has 1 aliphatic heterocycles. The van der Waals surface area contributed by atoms with Crippen molar-refractivity contribution < 1.29 is 14.2 Å². The van der Waals surface area contributed by atoms with Crippen LogP contribution in [0.2, 0.25) is 0 Å². The molecule has 1 aliphatic carbocycles. The number of aryl methyl sites for hydroxylation is 2. The molecular formula is C27H36N3O3+. The molecule has 5 rings (SSSR count). The topological polar surface area (TPSA) is 45.0 Å². The predicted molar refractivity (Wildman–Crippen MR) is 132 cm³/mol. The zero-order valence-corrected chi connectivity index (χ0v) is 20.6. The predicted octanol–water partition coefficient (Wildman–Crippen LogP) is 5.37. The average Bonchev–Trinajstić information content (AvgIpc) is 3.29. The van der Waals surface area contributed by atoms with Crippen molar-refractivity contribution in [3.8, 4) is 22.8 Å². The number of hydrogen-bond donors (Lipinski definition) is 0. The van der Waals surface area contributed by atoms with Crippen molar-refractivity contribution in [2.24, 2.45) is 5.92 Å². The van der Waals surface area contributed by atoms with Gasteiger partial charge in [-0.05, 0) is 62.4 Å². The molecule has 0 bridgehead atoms. The van der Waals surface area contributed by atoms with E-state index < -0.39 is 0 Å². The summed E-state index contributed by atoms with van der Waals surface area (Å²) in [6, 6.07) is 10.6. The highest BCUT2D eigenvalue weighted by Gasteiger charge is 2.46. The van der Waals surface area contributed by atoms with E-state index in [-0.39, 0.29) is 6.23 Å². The first-order valence-corrected chi connectivity index (χ1v) is 12.2. The van der Waals surface area contributed by atoms with Crippen LogP contribution in [-0.2, 0) is 11.2 Å². The van der Waals surface area contributed by atoms with Crippen LogP contribution in [0.15, 0.2) is 30.3 Å². The van der Waals surface area contributed by atoms with Gasteiger partial charge in [0.05, 0.1) is 45.7 Å². The second-order valence-corrected chi connectivity index (χ2v) is 9.76. The minimum atomic E-state index is 0.191. The van der Waals surface area contributed by atoms with Crippen molar-refractivity contribution in [2.45, 2.75) is 52.2 Å². The number of quaternary nitrogens is 1. The summed E-state index contributed by atoms with van der Waals surface area (Å²) in [6.07, 6.45) is 5.95. The summed E-state index contributed by atoms with van der Waals surface area (Å²) < 4.78 is 20.8. The number of methoxy groups -OCH3 is 2. The lowest BCUT2D eigenvalue weighted by molar-refractivity contribution is -0.00254. The molecule has 3 aromatic rings. The maximum atomic E-state index is 6.32. The first-order chi connectivity index (χ1) is 16.0. The average molecular weight is 451 g/mol. The number of hydrogen-bond acceptors (Lipinski definition) is 4. The summed E-state index contributed by atoms with van der Waals surface area (Å²) in [5.74, 6) is 2.37. The lowest BCUT2D eigenvalue weighted by Gasteiger charge is -2.38. The standard InChI is InChI=1S/C27H36N3O3/c1-6-20-27(30(3,17-19-12-13-19)25-11-8-14-33-25)22-10-7-9-21(29(22)28-20)26-23(31-4)15-18(2)16-24(26)32-5/h7,9-10,15-16,19,25H,6,8,11-14,17H2,1-5H3/q+1. The van der Waals surface area contributed by atoms with Crippen molar-refractivity contribution in [1.29, 1.82) is 0 Å². The van der Waals surface area contributed by atoms with Gasteiger partial charge in [-0.15, -0.1) is 0 Å². The van der Waals surface area contributed by atoms with E-state index in [1.165, 1.54) is 18.5 Å². The first kappa shape index (κ1) is 22.2. The highest BCUT2D eigenvalue weighted by molar-refractivity contribution is 5.82. The van der Waals surface area contributed by atoms with Crippen molar-refractivity contribution >= 4 is 11.2 Å². The molecule has 0 radical (unpaired) electrons. The SMILES string of the molecule is CCc1nn2c(-c3c(OC)cc(C)cc3OC)cccc2c1[N+](C)(CC1CC1)C1CCCO1. The number of benzene rings is 1. The quantitative estimate of drug-likeness (QED) is 0.433. The second-order valence-electron chi connectivity index (χ2n) is 9.76. The van der Waals surface area contributed by atoms with Crippen LogP contribution in [0.4, 0.5) is 5.69 Å². The van der Waals surface area contributed by atoms with Crippen LogP contribution < -0.4 is 14.0 Å². The van der Waals surface area contributed by atoms with E-state index >= 15 is 0 Å². The van der Waals surface area contributed by atoms with E-state index in [9.17, 15) is 0 Å². The Morgan fingerprint density at radius 2 is 1.85 bits per heavy atom. The maximum Gasteiger partial charge on any atom is 0.197 e. The Bertz CT molecular complexity index is 1140. The third kappa shape index (κ3) is 3.79. The fourth-order valence-electron chi connectivity index (χ4n) is 5.58. The van der Waals surface area contributed by atoms with Gasteiger partial charge in [0.1, 0.15) is 22.7 Å². The third-order valence-corrected chi connectivity index (χ3v) is 7.33. The number of aromatic nitrogens is 2. The molecular weight excluding hydrogens is 414 g/mol. The molecule has 2 atom stereocenters. The van der Waals surface area contributed by atoms with Crippen LogP contribution in [0, 0.1) is 12.8 Å². The molecule has 2 unspecified atom stereocenters. The molecule has 1 saturated carbocycles. The van der Waals surface area contributed by atoms with Crippen LogP contribution in [0.1, 0.15) is 43.9 Å². The number of nitrogens with zero attached hydrogens (tertiary/aromatic N) is 3. The Morgan fingerprint density at radius 3 is 2.42 bits per heavy atom. The number of rotatable bonds is 8. The Balaban J connectivity index is 1.75. The largest absolute Gasteiger partial charge is 0.496 e. The number of fused-ring (bicyclic) bond motifs is 1. The van der Waals surface area contributed by atoms with Gasteiger partial charge in [0.15, 0.2) is 11.9 Å². The van der Waals surface area contributed by atoms with Gasteiger partial charge in [-0.1, -0.05) is 13.0 Å². The van der Waals surface area contributed by atoms with Crippen LogP contribution in [0.3, 0.4) is 0 Å². The zero-order valence-electron chi connectivity index (χ0n) is 20.6. The maximum absolute atomic E-state index is 6.32. The minimum absolute atomic E-state index is 0.191. The van der Waals surface area contributed by atoms with Gasteiger partial charge in [0.25, 0.3) is 0 Å². The van der Waals surface area contributed by atoms with Crippen LogP contribution in [0.25, 0.3) is 16.8 Å². The van der Waals surface area contributed by atoms with Gasteiger partial charge >= 0.3 is 0 Å². The Morgan fingerprint density at radius 1 is 1.12 bits per heavy atom. The Kier molecular flexibility index (Phi) is 5.83. The normalized spacial score (nSPS) is 20.2. The smallest absolute Gasteiger partial charge is 0.197 e. The molecule has 0 N–H and O–H groups in total. The number of pyridine rings is 1. The summed E-state index contributed by atoms with van der Waals surface area (Å²) in [5, 5.41) is 5.18. The van der Waals surface area contributed by atoms with E-state index in [1.54, 1.807) is 14.2 Å². The van der Waals surface area contributed by atoms with Crippen molar-refractivity contribution in [2.75, 3.05) is 34.4 Å². The third-order valence-electron chi connectivity index (χ3n) is 7.33. The zero-order chi connectivity index (χ0) is 23.2. The van der Waals surface area contributed by atoms with E-state index in [0.717, 1.165) is 82.3 Å². The molecule has 2 aliphatic rings. The minimum Gasteiger partial charge on any atom is -0.496 e. The fourth-order valence-corrected chi connectivity index (χ4v) is 5.58. The molecule has 6 nitrogen and oxygen atoms in total. The van der Waals surface area contributed by atoms with E-state index in [0.29, 0.717) is 0 Å². The van der Waals surface area contributed by atoms with Gasteiger partial charge in [-0.2, -0.15) is 5.10 Å². The van der Waals surface area contributed by atoms with Crippen molar-refractivity contribution in [3.05, 3.63) is 41.6 Å². The summed E-state index contributed by atoms with van der Waals surface area (Å²) in [6.45, 7) is 6.22. The van der Waals surface area contributed by atoms with E-state index in [4.69, 9.17) is 19.3 Å². The van der Waals surface area contributed by atoms with Crippen molar-refractivity contribution in [1.82, 2.24) is 14.1 Å². The highest BCUT2D eigenvalue weighted by Crippen LogP contribution is 2.44. The second kappa shape index (κ2) is 8.65. The first-order valence-electron chi connectivity index (χ1n) is 12.2. The summed E-state index contributed by atoms with van der Waals surface area (Å²) >= 11 is 0. The molecule has 0 amide bonds. The molecule has 3 heterocycles. The summed E-state index contributed by atoms with van der Waals surface area (Å²) in [5.41, 5.74) is 6.61. The summed E-state index contributed by atoms with van der Waals surface area (Å²) in [7, 11) is 5.79. The molecule has 0 spiro atoms. The van der Waals surface area contributed by atoms with Crippen molar-refractivity contribution in [3.63, 3.8) is 0 Å². The Hall–Kier alpha value is -2.57. The highest BCUT2D eigenvalue weighted by atomic mass is 16.5. The number of ether oxygens (including phenoxy) is 3. The van der Waals surface area contributed by atoms with Gasteiger partial charge in [-0.25, -0.2) is 4.52 Å². The van der Waals surface area contributed by atoms with E-state index in [2.05, 4.69) is 55.7 Å². The molecule has 176 valence electrons. The monoisotopic (exact) mass is 450 g/mol. The van der Waals surface area contributed by atoms with Gasteiger partial charge in [-0.3, -0.25) is 4.48 Å². The van der Waals surface area contributed by atoms with Gasteiger partial charge in [0.2, 0.25) is 0 Å². The van der Waals surface area contributed by atoms with Crippen LogP contribution >= 0.6 is 0 Å². The molecule has 6 heteroatoms. The molecule has 1 saturated heterocycles. The lowest BCUT2D eigenvalue weighted by atomic mass is 10.0. The van der Waals surface area contributed by atoms with Crippen LogP contribution in [-0.4, -0.2) is 50.3 Å². The fraction of sp³-hybridized carbons (Fsp3) is 0.519. The molecule has 2 fully saturated rings. The Labute approximate surface area is 196 Å². The van der Waals surface area contributed by atoms with Crippen LogP contribution in [0.5, 0.6) is 11.5 Å². The molecule has 1 aromatic carbocycles.